The number of aryl methyl sites for hydroxylation is 1. The summed E-state index contributed by atoms with van der Waals surface area (Å²) in [7, 11) is 0. The second kappa shape index (κ2) is 3.21. The summed E-state index contributed by atoms with van der Waals surface area (Å²) in [6.45, 7) is 1.73. The van der Waals surface area contributed by atoms with Gasteiger partial charge in [-0.3, -0.25) is 0 Å². The van der Waals surface area contributed by atoms with E-state index in [4.69, 9.17) is 11.0 Å². The van der Waals surface area contributed by atoms with Crippen LogP contribution in [-0.4, -0.2) is 4.98 Å². The lowest BCUT2D eigenvalue weighted by atomic mass is 10.0. The normalized spacial score (nSPS) is 10.2. The van der Waals surface area contributed by atoms with Gasteiger partial charge in [-0.2, -0.15) is 5.26 Å². The lowest BCUT2D eigenvalue weighted by Gasteiger charge is -2.06. The predicted octanol–water partition coefficient (Wildman–Crippen LogP) is 2.14. The Hall–Kier alpha value is -2.15. The van der Waals surface area contributed by atoms with Crippen LogP contribution in [0.3, 0.4) is 0 Å². The third-order valence-corrected chi connectivity index (χ3v) is 2.35. The molecule has 0 amide bonds. The maximum absolute atomic E-state index is 13.0. The van der Waals surface area contributed by atoms with Gasteiger partial charge in [-0.05, 0) is 30.7 Å². The van der Waals surface area contributed by atoms with E-state index in [-0.39, 0.29) is 11.6 Å². The highest BCUT2D eigenvalue weighted by molar-refractivity contribution is 5.86. The molecular formula is C11H8FN3. The van der Waals surface area contributed by atoms with E-state index in [2.05, 4.69) is 4.98 Å². The van der Waals surface area contributed by atoms with Crippen LogP contribution in [0, 0.1) is 24.1 Å². The molecule has 3 nitrogen and oxygen atoms in total. The topological polar surface area (TPSA) is 62.7 Å². The standard InChI is InChI=1S/C11H8FN3/c1-6-8-4-7(12)2-3-10(8)15-11(14)9(6)5-13/h2-4H,1H3,(H2,14,15). The number of nitrogens with zero attached hydrogens (tertiary/aromatic N) is 2. The number of hydrogen-bond acceptors (Lipinski definition) is 3. The van der Waals surface area contributed by atoms with Crippen LogP contribution in [0.5, 0.6) is 0 Å². The number of hydrogen-bond donors (Lipinski definition) is 1. The minimum atomic E-state index is -0.346. The molecule has 0 saturated carbocycles. The van der Waals surface area contributed by atoms with Gasteiger partial charge in [0.25, 0.3) is 0 Å². The minimum absolute atomic E-state index is 0.189. The number of fused-ring (bicyclic) bond motifs is 1. The van der Waals surface area contributed by atoms with Crippen LogP contribution in [0.2, 0.25) is 0 Å². The molecule has 0 saturated heterocycles. The highest BCUT2D eigenvalue weighted by Crippen LogP contribution is 2.24. The number of halogens is 1. The summed E-state index contributed by atoms with van der Waals surface area (Å²) >= 11 is 0. The Bertz CT molecular complexity index is 584. The SMILES string of the molecule is Cc1c(C#N)c(N)nc2ccc(F)cc12. The maximum Gasteiger partial charge on any atom is 0.142 e. The Morgan fingerprint density at radius 3 is 2.87 bits per heavy atom. The van der Waals surface area contributed by atoms with Gasteiger partial charge in [-0.1, -0.05) is 0 Å². The van der Waals surface area contributed by atoms with Crippen molar-refractivity contribution in [3.63, 3.8) is 0 Å². The van der Waals surface area contributed by atoms with E-state index in [1.54, 1.807) is 13.0 Å². The Morgan fingerprint density at radius 1 is 1.47 bits per heavy atom. The van der Waals surface area contributed by atoms with E-state index < -0.39 is 0 Å². The summed E-state index contributed by atoms with van der Waals surface area (Å²) in [4.78, 5) is 4.04. The van der Waals surface area contributed by atoms with Crippen molar-refractivity contribution in [3.05, 3.63) is 35.1 Å². The average molecular weight is 201 g/mol. The third-order valence-electron chi connectivity index (χ3n) is 2.35. The Morgan fingerprint density at radius 2 is 2.20 bits per heavy atom. The molecule has 1 aromatic heterocycles. The van der Waals surface area contributed by atoms with Crippen molar-refractivity contribution in [3.8, 4) is 6.07 Å². The first-order valence-electron chi connectivity index (χ1n) is 4.39. The largest absolute Gasteiger partial charge is 0.383 e. The van der Waals surface area contributed by atoms with Crippen molar-refractivity contribution >= 4 is 16.7 Å². The lowest BCUT2D eigenvalue weighted by molar-refractivity contribution is 0.629. The van der Waals surface area contributed by atoms with E-state index in [0.717, 1.165) is 0 Å². The summed E-state index contributed by atoms with van der Waals surface area (Å²) in [6.07, 6.45) is 0. The molecule has 2 rings (SSSR count). The third kappa shape index (κ3) is 1.38. The van der Waals surface area contributed by atoms with Crippen molar-refractivity contribution in [1.29, 1.82) is 5.26 Å². The predicted molar refractivity (Wildman–Crippen MR) is 55.6 cm³/mol. The fourth-order valence-electron chi connectivity index (χ4n) is 1.56. The van der Waals surface area contributed by atoms with Crippen molar-refractivity contribution < 1.29 is 4.39 Å². The molecule has 0 unspecified atom stereocenters. The monoisotopic (exact) mass is 201 g/mol. The highest BCUT2D eigenvalue weighted by Gasteiger charge is 2.09. The van der Waals surface area contributed by atoms with Crippen LogP contribution in [-0.2, 0) is 0 Å². The van der Waals surface area contributed by atoms with Crippen LogP contribution in [0.1, 0.15) is 11.1 Å². The molecule has 0 bridgehead atoms. The molecule has 2 N–H and O–H groups in total. The number of anilines is 1. The van der Waals surface area contributed by atoms with E-state index in [9.17, 15) is 4.39 Å². The fourth-order valence-corrected chi connectivity index (χ4v) is 1.56. The first-order chi connectivity index (χ1) is 7.13. The summed E-state index contributed by atoms with van der Waals surface area (Å²) in [6, 6.07) is 6.19. The Kier molecular flexibility index (Phi) is 2.01. The number of benzene rings is 1. The van der Waals surface area contributed by atoms with E-state index >= 15 is 0 Å². The summed E-state index contributed by atoms with van der Waals surface area (Å²) in [5.41, 5.74) is 7.19. The molecule has 1 heterocycles. The zero-order valence-corrected chi connectivity index (χ0v) is 8.08. The van der Waals surface area contributed by atoms with Gasteiger partial charge in [0.15, 0.2) is 0 Å². The molecule has 0 atom stereocenters. The molecule has 2 aromatic rings. The van der Waals surface area contributed by atoms with Gasteiger partial charge in [-0.15, -0.1) is 0 Å². The second-order valence-corrected chi connectivity index (χ2v) is 3.27. The lowest BCUT2D eigenvalue weighted by Crippen LogP contribution is -1.99. The molecule has 0 aliphatic carbocycles. The van der Waals surface area contributed by atoms with E-state index in [1.165, 1.54) is 12.1 Å². The number of nitrogen functional groups attached to an aromatic ring is 1. The molecule has 4 heteroatoms. The molecule has 0 aliphatic heterocycles. The van der Waals surface area contributed by atoms with Crippen LogP contribution < -0.4 is 5.73 Å². The van der Waals surface area contributed by atoms with Crippen LogP contribution in [0.4, 0.5) is 10.2 Å². The van der Waals surface area contributed by atoms with Gasteiger partial charge in [0.2, 0.25) is 0 Å². The quantitative estimate of drug-likeness (QED) is 0.710. The number of pyridine rings is 1. The fraction of sp³-hybridized carbons (Fsp3) is 0.0909. The first kappa shape index (κ1) is 9.41. The zero-order chi connectivity index (χ0) is 11.0. The van der Waals surface area contributed by atoms with Gasteiger partial charge in [0, 0.05) is 5.39 Å². The zero-order valence-electron chi connectivity index (χ0n) is 8.08. The van der Waals surface area contributed by atoms with Gasteiger partial charge < -0.3 is 5.73 Å². The van der Waals surface area contributed by atoms with Crippen molar-refractivity contribution in [1.82, 2.24) is 4.98 Å². The smallest absolute Gasteiger partial charge is 0.142 e. The van der Waals surface area contributed by atoms with Gasteiger partial charge >= 0.3 is 0 Å². The molecule has 0 radical (unpaired) electrons. The Balaban J connectivity index is 2.94. The number of nitrogens with two attached hydrogens (primary N) is 1. The van der Waals surface area contributed by atoms with Crippen LogP contribution in [0.15, 0.2) is 18.2 Å². The van der Waals surface area contributed by atoms with Gasteiger partial charge in [-0.25, -0.2) is 9.37 Å². The molecule has 15 heavy (non-hydrogen) atoms. The molecule has 0 aliphatic rings. The van der Waals surface area contributed by atoms with Crippen LogP contribution in [0.25, 0.3) is 10.9 Å². The summed E-state index contributed by atoms with van der Waals surface area (Å²) in [5.74, 6) is -0.157. The first-order valence-corrected chi connectivity index (χ1v) is 4.39. The maximum atomic E-state index is 13.0. The number of rotatable bonds is 0. The minimum Gasteiger partial charge on any atom is -0.383 e. The summed E-state index contributed by atoms with van der Waals surface area (Å²) in [5, 5.41) is 9.49. The highest BCUT2D eigenvalue weighted by atomic mass is 19.1. The number of nitriles is 1. The van der Waals surface area contributed by atoms with E-state index in [0.29, 0.717) is 22.0 Å². The molecule has 0 fully saturated rings. The van der Waals surface area contributed by atoms with E-state index in [1.807, 2.05) is 6.07 Å². The molecule has 74 valence electrons. The van der Waals surface area contributed by atoms with Crippen molar-refractivity contribution in [2.24, 2.45) is 0 Å². The molecular weight excluding hydrogens is 193 g/mol. The second-order valence-electron chi connectivity index (χ2n) is 3.27. The Labute approximate surface area is 86.0 Å². The number of aromatic nitrogens is 1. The molecule has 0 spiro atoms. The molecule has 1 aromatic carbocycles. The van der Waals surface area contributed by atoms with Gasteiger partial charge in [0.1, 0.15) is 17.7 Å². The van der Waals surface area contributed by atoms with Crippen molar-refractivity contribution in [2.45, 2.75) is 6.92 Å². The van der Waals surface area contributed by atoms with Crippen LogP contribution >= 0.6 is 0 Å². The average Bonchev–Trinajstić information content (AvgIpc) is 2.20. The van der Waals surface area contributed by atoms with Crippen molar-refractivity contribution in [2.75, 3.05) is 5.73 Å². The van der Waals surface area contributed by atoms with Gasteiger partial charge in [0.05, 0.1) is 11.1 Å². The summed E-state index contributed by atoms with van der Waals surface area (Å²) < 4.78 is 13.0.